The Labute approximate surface area is 262 Å². The van der Waals surface area contributed by atoms with Crippen molar-refractivity contribution in [3.05, 3.63) is 76.3 Å². The highest BCUT2D eigenvalue weighted by Crippen LogP contribution is 2.57. The van der Waals surface area contributed by atoms with Gasteiger partial charge in [0.15, 0.2) is 11.6 Å². The van der Waals surface area contributed by atoms with Crippen LogP contribution in [0.2, 0.25) is 0 Å². The molecule has 6 aliphatic rings. The van der Waals surface area contributed by atoms with Crippen LogP contribution < -0.4 is 0 Å². The number of carbonyl (C=O) groups excluding carboxylic acids is 2. The highest BCUT2D eigenvalue weighted by Gasteiger charge is 2.50. The van der Waals surface area contributed by atoms with Gasteiger partial charge >= 0.3 is 0 Å². The molecule has 0 unspecified atom stereocenters. The predicted octanol–water partition coefficient (Wildman–Crippen LogP) is 9.93. The van der Waals surface area contributed by atoms with E-state index >= 15 is 0 Å². The predicted molar refractivity (Wildman–Crippen MR) is 180 cm³/mol. The molecule has 4 heteroatoms. The molecule has 12 rings (SSSR count). The molecular weight excluding hydrogens is 552 g/mol. The van der Waals surface area contributed by atoms with E-state index in [0.717, 1.165) is 106 Å². The van der Waals surface area contributed by atoms with E-state index < -0.39 is 0 Å². The van der Waals surface area contributed by atoms with Crippen molar-refractivity contribution in [1.82, 2.24) is 4.40 Å². The van der Waals surface area contributed by atoms with Crippen molar-refractivity contribution < 1.29 is 9.59 Å². The van der Waals surface area contributed by atoms with E-state index in [1.807, 2.05) is 12.1 Å². The largest absolute Gasteiger partial charge is 0.308 e. The van der Waals surface area contributed by atoms with E-state index in [-0.39, 0.29) is 33.2 Å². The summed E-state index contributed by atoms with van der Waals surface area (Å²) in [6.07, 6.45) is 7.84. The SMILES string of the molecule is CC12CCC(C)(CC1)c1cc3c4cc5cc(C#N)ccc5c5c6cc7c(cc6n(c3cc1C2=O)c45)C(=O)C1(C)CCC7(C)CC1. The molecule has 6 aliphatic carbocycles. The highest BCUT2D eigenvalue weighted by molar-refractivity contribution is 6.32. The van der Waals surface area contributed by atoms with Crippen LogP contribution in [0.3, 0.4) is 0 Å². The first-order chi connectivity index (χ1) is 21.5. The number of benzene rings is 4. The Bertz CT molecular complexity index is 2430. The van der Waals surface area contributed by atoms with Gasteiger partial charge in [-0.05, 0) is 127 Å². The zero-order valence-corrected chi connectivity index (χ0v) is 26.5. The standard InChI is InChI=1S/C41H36N2O2/c1-38-7-11-40(3,12-8-38)36(44)27-19-32-25(17-30(27)38)26-16-23-15-22(21-42)5-6-24(23)34-29-18-31-28(20-33(29)43(32)35(26)34)37(45)41(4)13-9-39(31,2)10-14-41/h5-6,15-20H,7-14H2,1-4H3. The first-order valence-corrected chi connectivity index (χ1v) is 16.8. The van der Waals surface area contributed by atoms with E-state index in [1.54, 1.807) is 0 Å². The maximum absolute atomic E-state index is 14.3. The van der Waals surface area contributed by atoms with E-state index in [9.17, 15) is 14.9 Å². The van der Waals surface area contributed by atoms with Crippen LogP contribution in [0.25, 0.3) is 48.9 Å². The van der Waals surface area contributed by atoms with Gasteiger partial charge in [0.1, 0.15) is 0 Å². The molecule has 45 heavy (non-hydrogen) atoms. The van der Waals surface area contributed by atoms with Gasteiger partial charge in [0.2, 0.25) is 0 Å². The Hall–Kier alpha value is -4.23. The number of Topliss-reactive ketones (excluding diaryl/α,β-unsaturated/α-hetero) is 2. The van der Waals surface area contributed by atoms with Crippen LogP contribution in [0.15, 0.2) is 48.5 Å². The van der Waals surface area contributed by atoms with Crippen molar-refractivity contribution in [2.24, 2.45) is 10.8 Å². The van der Waals surface area contributed by atoms with Gasteiger partial charge in [0.05, 0.1) is 28.2 Å². The Morgan fingerprint density at radius 1 is 0.600 bits per heavy atom. The molecule has 4 bridgehead atoms. The van der Waals surface area contributed by atoms with E-state index in [1.165, 1.54) is 16.5 Å². The molecule has 2 saturated carbocycles. The van der Waals surface area contributed by atoms with Crippen LogP contribution in [0.4, 0.5) is 0 Å². The smallest absolute Gasteiger partial charge is 0.169 e. The van der Waals surface area contributed by atoms with E-state index in [2.05, 4.69) is 74.6 Å². The van der Waals surface area contributed by atoms with Gasteiger partial charge in [-0.25, -0.2) is 0 Å². The van der Waals surface area contributed by atoms with Crippen LogP contribution >= 0.6 is 0 Å². The zero-order valence-electron chi connectivity index (χ0n) is 26.5. The van der Waals surface area contributed by atoms with Gasteiger partial charge in [-0.1, -0.05) is 33.8 Å². The quantitative estimate of drug-likeness (QED) is 0.177. The number of hydrogen-bond acceptors (Lipinski definition) is 3. The summed E-state index contributed by atoms with van der Waals surface area (Å²) in [5, 5.41) is 16.6. The second-order valence-electron chi connectivity index (χ2n) is 16.3. The summed E-state index contributed by atoms with van der Waals surface area (Å²) in [6, 6.07) is 19.7. The first-order valence-electron chi connectivity index (χ1n) is 16.8. The number of aromatic nitrogens is 1. The summed E-state index contributed by atoms with van der Waals surface area (Å²) in [5.74, 6) is 0.575. The summed E-state index contributed by atoms with van der Waals surface area (Å²) < 4.78 is 2.36. The van der Waals surface area contributed by atoms with E-state index in [0.29, 0.717) is 5.56 Å². The summed E-state index contributed by atoms with van der Waals surface area (Å²) in [4.78, 5) is 28.6. The number of rotatable bonds is 0. The molecule has 4 nitrogen and oxygen atoms in total. The normalized spacial score (nSPS) is 30.8. The maximum Gasteiger partial charge on any atom is 0.169 e. The monoisotopic (exact) mass is 588 g/mol. The summed E-state index contributed by atoms with van der Waals surface area (Å²) in [7, 11) is 0. The molecule has 0 atom stereocenters. The molecule has 0 spiro atoms. The lowest BCUT2D eigenvalue weighted by Crippen LogP contribution is -2.33. The van der Waals surface area contributed by atoms with Crippen LogP contribution in [0.1, 0.15) is 116 Å². The van der Waals surface area contributed by atoms with Crippen LogP contribution in [-0.4, -0.2) is 16.0 Å². The lowest BCUT2D eigenvalue weighted by atomic mass is 9.65. The van der Waals surface area contributed by atoms with Crippen molar-refractivity contribution in [1.29, 1.82) is 5.26 Å². The van der Waals surface area contributed by atoms with Crippen molar-refractivity contribution in [3.63, 3.8) is 0 Å². The van der Waals surface area contributed by atoms with Gasteiger partial charge in [-0.3, -0.25) is 9.59 Å². The van der Waals surface area contributed by atoms with Crippen molar-refractivity contribution in [2.75, 3.05) is 0 Å². The average molecular weight is 589 g/mol. The molecule has 6 aromatic rings. The second-order valence-corrected chi connectivity index (χ2v) is 16.3. The molecule has 4 aromatic carbocycles. The Morgan fingerprint density at radius 3 is 1.67 bits per heavy atom. The van der Waals surface area contributed by atoms with Gasteiger partial charge in [0.25, 0.3) is 0 Å². The second kappa shape index (κ2) is 7.76. The Kier molecular flexibility index (Phi) is 4.49. The molecule has 0 aliphatic heterocycles. The van der Waals surface area contributed by atoms with Crippen LogP contribution in [-0.2, 0) is 10.8 Å². The van der Waals surface area contributed by atoms with Gasteiger partial charge in [-0.15, -0.1) is 0 Å². The number of carbonyl (C=O) groups is 2. The molecular formula is C41H36N2O2. The molecule has 222 valence electrons. The van der Waals surface area contributed by atoms with E-state index in [4.69, 9.17) is 0 Å². The van der Waals surface area contributed by atoms with Crippen molar-refractivity contribution >= 4 is 60.4 Å². The Balaban J connectivity index is 1.42. The fourth-order valence-corrected chi connectivity index (χ4v) is 10.2. The van der Waals surface area contributed by atoms with Crippen molar-refractivity contribution in [3.8, 4) is 6.07 Å². The average Bonchev–Trinajstić information content (AvgIpc) is 3.46. The number of fused-ring (bicyclic) bond motifs is 12. The maximum atomic E-state index is 14.3. The van der Waals surface area contributed by atoms with Gasteiger partial charge < -0.3 is 4.40 Å². The zero-order chi connectivity index (χ0) is 30.8. The molecule has 2 aromatic heterocycles. The number of nitriles is 1. The molecule has 2 heterocycles. The minimum absolute atomic E-state index is 0.0206. The number of hydrogen-bond donors (Lipinski definition) is 0. The lowest BCUT2D eigenvalue weighted by Gasteiger charge is -2.38. The minimum atomic E-state index is -0.313. The number of ketones is 2. The van der Waals surface area contributed by atoms with Crippen molar-refractivity contribution in [2.45, 2.75) is 89.9 Å². The van der Waals surface area contributed by atoms with Gasteiger partial charge in [0, 0.05) is 43.5 Å². The summed E-state index contributed by atoms with van der Waals surface area (Å²) in [5.41, 5.74) is 7.39. The molecule has 0 N–H and O–H groups in total. The summed E-state index contributed by atoms with van der Waals surface area (Å²) >= 11 is 0. The molecule has 0 saturated heterocycles. The Morgan fingerprint density at radius 2 is 1.11 bits per heavy atom. The topological polar surface area (TPSA) is 62.3 Å². The molecule has 0 amide bonds. The third-order valence-electron chi connectivity index (χ3n) is 13.6. The highest BCUT2D eigenvalue weighted by atomic mass is 16.1. The third-order valence-corrected chi connectivity index (χ3v) is 13.6. The molecule has 2 fully saturated rings. The first kappa shape index (κ1) is 26.0. The third kappa shape index (κ3) is 2.95. The number of nitrogens with zero attached hydrogens (tertiary/aromatic N) is 2. The molecule has 0 radical (unpaired) electrons. The fraction of sp³-hybridized carbons (Fsp3) is 0.390. The summed E-state index contributed by atoms with van der Waals surface area (Å²) in [6.45, 7) is 9.05. The van der Waals surface area contributed by atoms with Gasteiger partial charge in [-0.2, -0.15) is 5.26 Å². The fourth-order valence-electron chi connectivity index (χ4n) is 10.2. The van der Waals surface area contributed by atoms with Crippen LogP contribution in [0, 0.1) is 22.2 Å². The lowest BCUT2D eigenvalue weighted by molar-refractivity contribution is 0.0726. The minimum Gasteiger partial charge on any atom is -0.308 e. The van der Waals surface area contributed by atoms with Crippen LogP contribution in [0.5, 0.6) is 0 Å².